The molecule has 1 aliphatic rings. The van der Waals surface area contributed by atoms with Gasteiger partial charge in [-0.1, -0.05) is 6.08 Å². The molecule has 0 aromatic rings. The van der Waals surface area contributed by atoms with Gasteiger partial charge < -0.3 is 15.0 Å². The van der Waals surface area contributed by atoms with Crippen LogP contribution in [0.3, 0.4) is 0 Å². The van der Waals surface area contributed by atoms with Crippen molar-refractivity contribution in [3.05, 3.63) is 12.2 Å². The van der Waals surface area contributed by atoms with Crippen molar-refractivity contribution in [3.8, 4) is 0 Å². The van der Waals surface area contributed by atoms with Crippen LogP contribution in [0.4, 0.5) is 0 Å². The highest BCUT2D eigenvalue weighted by atomic mass is 16.5. The van der Waals surface area contributed by atoms with Gasteiger partial charge in [-0.3, -0.25) is 0 Å². The molecule has 4 nitrogen and oxygen atoms in total. The molecule has 1 saturated heterocycles. The Morgan fingerprint density at radius 2 is 2.41 bits per heavy atom. The van der Waals surface area contributed by atoms with E-state index >= 15 is 0 Å². The van der Waals surface area contributed by atoms with Crippen molar-refractivity contribution in [3.63, 3.8) is 0 Å². The van der Waals surface area contributed by atoms with Gasteiger partial charge in [-0.25, -0.2) is 4.79 Å². The first-order chi connectivity index (χ1) is 8.22. The van der Waals surface area contributed by atoms with Crippen LogP contribution in [-0.2, 0) is 9.53 Å². The number of hydrogen-bond donors (Lipinski definition) is 1. The first kappa shape index (κ1) is 14.2. The molecular formula is C13H24N2O2. The largest absolute Gasteiger partial charge is 0.463 e. The predicted molar refractivity (Wildman–Crippen MR) is 68.9 cm³/mol. The number of carbonyl (C=O) groups is 1. The van der Waals surface area contributed by atoms with Crippen LogP contribution in [0.2, 0.25) is 0 Å². The lowest BCUT2D eigenvalue weighted by atomic mass is 9.98. The molecule has 98 valence electrons. The number of carbonyl (C=O) groups excluding carboxylic acids is 1. The molecule has 0 aromatic heterocycles. The van der Waals surface area contributed by atoms with Gasteiger partial charge >= 0.3 is 5.97 Å². The maximum absolute atomic E-state index is 11.0. The van der Waals surface area contributed by atoms with Gasteiger partial charge in [0, 0.05) is 19.2 Å². The smallest absolute Gasteiger partial charge is 0.330 e. The molecular weight excluding hydrogens is 216 g/mol. The Morgan fingerprint density at radius 1 is 1.59 bits per heavy atom. The van der Waals surface area contributed by atoms with E-state index in [1.165, 1.54) is 32.0 Å². The van der Waals surface area contributed by atoms with E-state index in [-0.39, 0.29) is 5.97 Å². The first-order valence-corrected chi connectivity index (χ1v) is 6.45. The summed E-state index contributed by atoms with van der Waals surface area (Å²) >= 11 is 0. The van der Waals surface area contributed by atoms with E-state index in [1.54, 1.807) is 0 Å². The van der Waals surface area contributed by atoms with E-state index in [0.717, 1.165) is 19.0 Å². The quantitative estimate of drug-likeness (QED) is 0.428. The molecule has 1 aliphatic heterocycles. The number of nitrogens with one attached hydrogen (secondary N) is 1. The Bertz CT molecular complexity index is 254. The van der Waals surface area contributed by atoms with E-state index in [0.29, 0.717) is 6.61 Å². The minimum absolute atomic E-state index is 0.258. The van der Waals surface area contributed by atoms with Gasteiger partial charge in [0.2, 0.25) is 0 Å². The normalized spacial score (nSPS) is 21.9. The minimum Gasteiger partial charge on any atom is -0.463 e. The number of nitrogens with zero attached hydrogens (tertiary/aromatic N) is 1. The highest BCUT2D eigenvalue weighted by Gasteiger charge is 2.15. The highest BCUT2D eigenvalue weighted by Crippen LogP contribution is 2.13. The average Bonchev–Trinajstić information content (AvgIpc) is 2.29. The van der Waals surface area contributed by atoms with Crippen molar-refractivity contribution in [1.29, 1.82) is 0 Å². The summed E-state index contributed by atoms with van der Waals surface area (Å²) in [5.41, 5.74) is 0. The molecule has 1 N–H and O–H groups in total. The van der Waals surface area contributed by atoms with Crippen LogP contribution in [0.1, 0.15) is 19.8 Å². The molecule has 0 radical (unpaired) electrons. The minimum atomic E-state index is -0.258. The van der Waals surface area contributed by atoms with Crippen LogP contribution in [0, 0.1) is 5.92 Å². The molecule has 17 heavy (non-hydrogen) atoms. The summed E-state index contributed by atoms with van der Waals surface area (Å²) in [4.78, 5) is 13.4. The zero-order valence-corrected chi connectivity index (χ0v) is 10.9. The molecule has 0 aromatic carbocycles. The van der Waals surface area contributed by atoms with Crippen molar-refractivity contribution in [2.45, 2.75) is 19.8 Å². The molecule has 1 atom stereocenters. The van der Waals surface area contributed by atoms with E-state index in [2.05, 4.69) is 17.3 Å². The summed E-state index contributed by atoms with van der Waals surface area (Å²) in [6.45, 7) is 6.40. The molecule has 1 heterocycles. The van der Waals surface area contributed by atoms with Crippen molar-refractivity contribution < 1.29 is 9.53 Å². The van der Waals surface area contributed by atoms with Gasteiger partial charge in [0.05, 0.1) is 6.61 Å². The number of rotatable bonds is 6. The molecule has 4 heteroatoms. The van der Waals surface area contributed by atoms with Crippen LogP contribution < -0.4 is 5.32 Å². The molecule has 0 saturated carbocycles. The van der Waals surface area contributed by atoms with Gasteiger partial charge in [0.1, 0.15) is 0 Å². The monoisotopic (exact) mass is 240 g/mol. The fourth-order valence-corrected chi connectivity index (χ4v) is 2.16. The van der Waals surface area contributed by atoms with Crippen LogP contribution in [-0.4, -0.2) is 50.7 Å². The van der Waals surface area contributed by atoms with Gasteiger partial charge in [0.25, 0.3) is 0 Å². The molecule has 0 bridgehead atoms. The molecule has 0 amide bonds. The number of ether oxygens (including phenoxy) is 1. The van der Waals surface area contributed by atoms with Crippen LogP contribution >= 0.6 is 0 Å². The Labute approximate surface area is 104 Å². The Kier molecular flexibility index (Phi) is 6.89. The SMILES string of the molecule is CCOC(=O)/C=C/CNCC1CCCN(C)C1. The summed E-state index contributed by atoms with van der Waals surface area (Å²) < 4.78 is 4.79. The topological polar surface area (TPSA) is 41.6 Å². The zero-order valence-electron chi connectivity index (χ0n) is 10.9. The van der Waals surface area contributed by atoms with Crippen LogP contribution in [0.5, 0.6) is 0 Å². The fraction of sp³-hybridized carbons (Fsp3) is 0.769. The highest BCUT2D eigenvalue weighted by molar-refractivity contribution is 5.81. The second-order valence-electron chi connectivity index (χ2n) is 4.58. The van der Waals surface area contributed by atoms with Gasteiger partial charge in [-0.2, -0.15) is 0 Å². The van der Waals surface area contributed by atoms with Crippen LogP contribution in [0.15, 0.2) is 12.2 Å². The molecule has 0 spiro atoms. The number of hydrogen-bond acceptors (Lipinski definition) is 4. The average molecular weight is 240 g/mol. The van der Waals surface area contributed by atoms with Gasteiger partial charge in [-0.05, 0) is 45.8 Å². The number of esters is 1. The summed E-state index contributed by atoms with van der Waals surface area (Å²) in [5, 5.41) is 3.35. The summed E-state index contributed by atoms with van der Waals surface area (Å²) in [6, 6.07) is 0. The summed E-state index contributed by atoms with van der Waals surface area (Å²) in [5.74, 6) is 0.483. The van der Waals surface area contributed by atoms with Crippen molar-refractivity contribution in [2.75, 3.05) is 39.8 Å². The number of piperidine rings is 1. The lowest BCUT2D eigenvalue weighted by molar-refractivity contribution is -0.137. The lowest BCUT2D eigenvalue weighted by Gasteiger charge is -2.29. The lowest BCUT2D eigenvalue weighted by Crippen LogP contribution is -2.37. The zero-order chi connectivity index (χ0) is 12.5. The predicted octanol–water partition coefficient (Wildman–Crippen LogP) is 1.04. The van der Waals surface area contributed by atoms with Gasteiger partial charge in [0.15, 0.2) is 0 Å². The maximum Gasteiger partial charge on any atom is 0.330 e. The standard InChI is InChI=1S/C13H24N2O2/c1-3-17-13(16)7-4-8-14-10-12-6-5-9-15(2)11-12/h4,7,12,14H,3,5-6,8-11H2,1-2H3/b7-4+. The first-order valence-electron chi connectivity index (χ1n) is 6.45. The fourth-order valence-electron chi connectivity index (χ4n) is 2.16. The molecule has 0 aliphatic carbocycles. The molecule has 1 unspecified atom stereocenters. The van der Waals surface area contributed by atoms with Gasteiger partial charge in [-0.15, -0.1) is 0 Å². The second-order valence-corrected chi connectivity index (χ2v) is 4.58. The van der Waals surface area contributed by atoms with E-state index in [4.69, 9.17) is 4.74 Å². The van der Waals surface area contributed by atoms with Crippen molar-refractivity contribution in [2.24, 2.45) is 5.92 Å². The summed E-state index contributed by atoms with van der Waals surface area (Å²) in [6.07, 6.45) is 5.91. The van der Waals surface area contributed by atoms with E-state index < -0.39 is 0 Å². The molecule has 1 rings (SSSR count). The maximum atomic E-state index is 11.0. The Balaban J connectivity index is 2.05. The van der Waals surface area contributed by atoms with Crippen molar-refractivity contribution >= 4 is 5.97 Å². The Morgan fingerprint density at radius 3 is 3.12 bits per heavy atom. The third-order valence-corrected chi connectivity index (χ3v) is 2.96. The molecule has 1 fully saturated rings. The van der Waals surface area contributed by atoms with E-state index in [9.17, 15) is 4.79 Å². The summed E-state index contributed by atoms with van der Waals surface area (Å²) in [7, 11) is 2.17. The Hall–Kier alpha value is -0.870. The van der Waals surface area contributed by atoms with E-state index in [1.807, 2.05) is 13.0 Å². The third-order valence-electron chi connectivity index (χ3n) is 2.96. The second kappa shape index (κ2) is 8.25. The third kappa shape index (κ3) is 6.44. The number of likely N-dealkylation sites (tertiary alicyclic amines) is 1. The van der Waals surface area contributed by atoms with Crippen molar-refractivity contribution in [1.82, 2.24) is 10.2 Å². The van der Waals surface area contributed by atoms with Crippen LogP contribution in [0.25, 0.3) is 0 Å².